The van der Waals surface area contributed by atoms with Crippen molar-refractivity contribution in [3.63, 3.8) is 0 Å². The number of para-hydroxylation sites is 1. The van der Waals surface area contributed by atoms with Gasteiger partial charge in [-0.25, -0.2) is 0 Å². The van der Waals surface area contributed by atoms with E-state index in [1.54, 1.807) is 12.1 Å². The van der Waals surface area contributed by atoms with Crippen LogP contribution in [0.15, 0.2) is 91.0 Å². The van der Waals surface area contributed by atoms with E-state index in [4.69, 9.17) is 0 Å². The fourth-order valence-corrected chi connectivity index (χ4v) is 3.91. The first-order valence-electron chi connectivity index (χ1n) is 8.78. The van der Waals surface area contributed by atoms with Crippen molar-refractivity contribution in [3.05, 3.63) is 118 Å². The number of rotatable bonds is 4. The van der Waals surface area contributed by atoms with Crippen LogP contribution in [0, 0.1) is 10.1 Å². The molecular formula is C23H19NO2. The van der Waals surface area contributed by atoms with Gasteiger partial charge >= 0.3 is 0 Å². The molecule has 0 radical (unpaired) electrons. The van der Waals surface area contributed by atoms with Gasteiger partial charge in [0.25, 0.3) is 5.69 Å². The Labute approximate surface area is 152 Å². The molecule has 0 aliphatic heterocycles. The van der Waals surface area contributed by atoms with Crippen LogP contribution in [0.4, 0.5) is 5.69 Å². The number of hydrogen-bond donors (Lipinski definition) is 0. The highest BCUT2D eigenvalue weighted by atomic mass is 16.6. The maximum Gasteiger partial charge on any atom is 0.272 e. The Morgan fingerprint density at radius 1 is 0.808 bits per heavy atom. The second-order valence-corrected chi connectivity index (χ2v) is 6.62. The van der Waals surface area contributed by atoms with Gasteiger partial charge in [0, 0.05) is 23.5 Å². The fraction of sp³-hybridized carbons (Fsp3) is 0.130. The smallest absolute Gasteiger partial charge is 0.258 e. The van der Waals surface area contributed by atoms with Gasteiger partial charge in [-0.05, 0) is 23.1 Å². The van der Waals surface area contributed by atoms with Gasteiger partial charge in [0.15, 0.2) is 0 Å². The van der Waals surface area contributed by atoms with Crippen molar-refractivity contribution in [3.8, 4) is 0 Å². The second-order valence-electron chi connectivity index (χ2n) is 6.62. The molecule has 0 N–H and O–H groups in total. The lowest BCUT2D eigenvalue weighted by molar-refractivity contribution is -0.385. The van der Waals surface area contributed by atoms with Gasteiger partial charge in [-0.1, -0.05) is 84.9 Å². The lowest BCUT2D eigenvalue weighted by Crippen LogP contribution is -2.07. The summed E-state index contributed by atoms with van der Waals surface area (Å²) in [7, 11) is 0. The second kappa shape index (κ2) is 6.96. The highest BCUT2D eigenvalue weighted by Gasteiger charge is 2.34. The average Bonchev–Trinajstić information content (AvgIpc) is 3.14. The number of nitrogens with zero attached hydrogens (tertiary/aromatic N) is 1. The molecule has 0 spiro atoms. The Morgan fingerprint density at radius 3 is 2.12 bits per heavy atom. The zero-order valence-corrected chi connectivity index (χ0v) is 14.3. The van der Waals surface area contributed by atoms with E-state index < -0.39 is 0 Å². The summed E-state index contributed by atoms with van der Waals surface area (Å²) in [6.45, 7) is 0. The zero-order chi connectivity index (χ0) is 17.9. The molecule has 4 rings (SSSR count). The van der Waals surface area contributed by atoms with E-state index in [1.807, 2.05) is 48.5 Å². The van der Waals surface area contributed by atoms with Crippen LogP contribution in [-0.4, -0.2) is 4.92 Å². The lowest BCUT2D eigenvalue weighted by Gasteiger charge is -2.20. The van der Waals surface area contributed by atoms with E-state index >= 15 is 0 Å². The summed E-state index contributed by atoms with van der Waals surface area (Å²) in [5.41, 5.74) is 4.66. The fourth-order valence-electron chi connectivity index (χ4n) is 3.91. The minimum absolute atomic E-state index is 0.0641. The zero-order valence-electron chi connectivity index (χ0n) is 14.3. The van der Waals surface area contributed by atoms with Gasteiger partial charge in [-0.15, -0.1) is 0 Å². The van der Waals surface area contributed by atoms with E-state index in [9.17, 15) is 10.1 Å². The molecule has 0 saturated carbocycles. The number of allylic oxidation sites excluding steroid dienone is 2. The molecule has 0 saturated heterocycles. The molecule has 0 amide bonds. The van der Waals surface area contributed by atoms with Crippen LogP contribution in [0.3, 0.4) is 0 Å². The maximum absolute atomic E-state index is 11.6. The summed E-state index contributed by atoms with van der Waals surface area (Å²) in [5, 5.41) is 11.6. The largest absolute Gasteiger partial charge is 0.272 e. The molecule has 2 atom stereocenters. The molecule has 0 fully saturated rings. The first-order valence-corrected chi connectivity index (χ1v) is 8.78. The van der Waals surface area contributed by atoms with Crippen molar-refractivity contribution >= 4 is 11.3 Å². The van der Waals surface area contributed by atoms with Crippen LogP contribution in [0.5, 0.6) is 0 Å². The van der Waals surface area contributed by atoms with Gasteiger partial charge in [-0.2, -0.15) is 0 Å². The summed E-state index contributed by atoms with van der Waals surface area (Å²) in [6.07, 6.45) is 3.08. The van der Waals surface area contributed by atoms with Gasteiger partial charge in [0.1, 0.15) is 0 Å². The summed E-state index contributed by atoms with van der Waals surface area (Å²) in [4.78, 5) is 11.3. The third kappa shape index (κ3) is 3.04. The van der Waals surface area contributed by atoms with Crippen LogP contribution in [0.25, 0.3) is 5.57 Å². The van der Waals surface area contributed by atoms with E-state index in [1.165, 1.54) is 16.7 Å². The van der Waals surface area contributed by atoms with Crippen LogP contribution < -0.4 is 0 Å². The van der Waals surface area contributed by atoms with E-state index in [0.29, 0.717) is 0 Å². The van der Waals surface area contributed by atoms with Crippen molar-refractivity contribution in [2.75, 3.05) is 0 Å². The van der Waals surface area contributed by atoms with E-state index in [-0.39, 0.29) is 22.4 Å². The topological polar surface area (TPSA) is 43.1 Å². The summed E-state index contributed by atoms with van der Waals surface area (Å²) >= 11 is 0. The Morgan fingerprint density at radius 2 is 1.42 bits per heavy atom. The number of benzene rings is 3. The Balaban J connectivity index is 1.80. The molecule has 0 aromatic heterocycles. The molecular weight excluding hydrogens is 322 g/mol. The third-order valence-electron chi connectivity index (χ3n) is 5.12. The normalized spacial score (nSPS) is 19.2. The molecule has 1 aliphatic carbocycles. The molecule has 0 heterocycles. The number of nitro groups is 1. The molecule has 128 valence electrons. The SMILES string of the molecule is O=[N+]([O-])c1ccccc1[C@@H]1CC(c2ccccc2)=C[C@H]1c1ccccc1. The van der Waals surface area contributed by atoms with Crippen molar-refractivity contribution < 1.29 is 4.92 Å². The number of nitro benzene ring substituents is 1. The molecule has 3 aromatic rings. The van der Waals surface area contributed by atoms with Crippen molar-refractivity contribution in [2.45, 2.75) is 18.3 Å². The van der Waals surface area contributed by atoms with Crippen molar-refractivity contribution in [1.82, 2.24) is 0 Å². The van der Waals surface area contributed by atoms with Crippen LogP contribution >= 0.6 is 0 Å². The quantitative estimate of drug-likeness (QED) is 0.435. The van der Waals surface area contributed by atoms with Gasteiger partial charge in [-0.3, -0.25) is 10.1 Å². The standard InChI is InChI=1S/C23H19NO2/c25-24(26)23-14-8-7-13-20(23)22-16-19(17-9-3-1-4-10-17)15-21(22)18-11-5-2-6-12-18/h1-15,21-22H,16H2/t21-,22-/m0/s1. The average molecular weight is 341 g/mol. The molecule has 3 nitrogen and oxygen atoms in total. The van der Waals surface area contributed by atoms with Crippen LogP contribution in [0.1, 0.15) is 34.9 Å². The van der Waals surface area contributed by atoms with Crippen LogP contribution in [0.2, 0.25) is 0 Å². The first kappa shape index (κ1) is 16.3. The van der Waals surface area contributed by atoms with E-state index in [2.05, 4.69) is 30.3 Å². The Kier molecular flexibility index (Phi) is 4.36. The lowest BCUT2D eigenvalue weighted by atomic mass is 9.83. The monoisotopic (exact) mass is 341 g/mol. The van der Waals surface area contributed by atoms with E-state index in [0.717, 1.165) is 12.0 Å². The molecule has 3 aromatic carbocycles. The van der Waals surface area contributed by atoms with Gasteiger partial charge < -0.3 is 0 Å². The summed E-state index contributed by atoms with van der Waals surface area (Å²) in [5.74, 6) is 0.196. The highest BCUT2D eigenvalue weighted by molar-refractivity contribution is 5.71. The van der Waals surface area contributed by atoms with Crippen LogP contribution in [-0.2, 0) is 0 Å². The Hall–Kier alpha value is -3.20. The van der Waals surface area contributed by atoms with Crippen molar-refractivity contribution in [2.24, 2.45) is 0 Å². The molecule has 0 unspecified atom stereocenters. The minimum Gasteiger partial charge on any atom is -0.258 e. The van der Waals surface area contributed by atoms with Crippen molar-refractivity contribution in [1.29, 1.82) is 0 Å². The molecule has 3 heteroatoms. The van der Waals surface area contributed by atoms with Gasteiger partial charge in [0.2, 0.25) is 0 Å². The molecule has 0 bridgehead atoms. The Bertz CT molecular complexity index is 948. The van der Waals surface area contributed by atoms with Gasteiger partial charge in [0.05, 0.1) is 4.92 Å². The maximum atomic E-state index is 11.6. The minimum atomic E-state index is -0.266. The summed E-state index contributed by atoms with van der Waals surface area (Å²) < 4.78 is 0. The predicted molar refractivity (Wildman–Crippen MR) is 104 cm³/mol. The molecule has 1 aliphatic rings. The highest BCUT2D eigenvalue weighted by Crippen LogP contribution is 2.49. The molecule has 26 heavy (non-hydrogen) atoms. The predicted octanol–water partition coefficient (Wildman–Crippen LogP) is 5.95. The number of hydrogen-bond acceptors (Lipinski definition) is 2. The third-order valence-corrected chi connectivity index (χ3v) is 5.12. The first-order chi connectivity index (χ1) is 12.7. The summed E-state index contributed by atoms with van der Waals surface area (Å²) in [6, 6.07) is 27.7.